The first-order valence-electron chi connectivity index (χ1n) is 22.5. The number of hydrogen-bond donors (Lipinski definition) is 2. The number of aromatic nitrogens is 1. The van der Waals surface area contributed by atoms with E-state index in [2.05, 4.69) is 91.9 Å². The Hall–Kier alpha value is -8.66. The van der Waals surface area contributed by atoms with Gasteiger partial charge in [-0.3, -0.25) is 9.36 Å². The number of sulfone groups is 1. The predicted octanol–water partition coefficient (Wildman–Crippen LogP) is 13.7. The van der Waals surface area contributed by atoms with Gasteiger partial charge < -0.3 is 19.7 Å². The van der Waals surface area contributed by atoms with Gasteiger partial charge in [0.2, 0.25) is 21.6 Å². The summed E-state index contributed by atoms with van der Waals surface area (Å²) in [6, 6.07) is 65.2. The molecule has 0 saturated carbocycles. The second kappa shape index (κ2) is 16.9. The number of carbonyl (C=O) groups excluding carboxylic acids is 1. The van der Waals surface area contributed by atoms with Gasteiger partial charge in [0.1, 0.15) is 23.0 Å². The number of nitrogens with zero attached hydrogens (tertiary/aromatic N) is 1. The van der Waals surface area contributed by atoms with Crippen LogP contribution in [0.4, 0.5) is 0 Å². The van der Waals surface area contributed by atoms with Crippen molar-refractivity contribution in [1.82, 2.24) is 4.57 Å². The Labute approximate surface area is 399 Å². The third kappa shape index (κ3) is 7.40. The maximum atomic E-state index is 13.7. The maximum Gasteiger partial charge on any atom is 0.206 e. The van der Waals surface area contributed by atoms with Crippen molar-refractivity contribution < 1.29 is 32.9 Å². The average molecular weight is 922 g/mol. The van der Waals surface area contributed by atoms with E-state index in [4.69, 9.17) is 9.47 Å². The fourth-order valence-electron chi connectivity index (χ4n) is 9.57. The Morgan fingerprint density at radius 1 is 0.464 bits per heavy atom. The van der Waals surface area contributed by atoms with Gasteiger partial charge in [-0.05, 0) is 150 Å². The molecule has 2 N–H and O–H groups in total. The summed E-state index contributed by atoms with van der Waals surface area (Å²) in [4.78, 5) is 13.0. The van der Waals surface area contributed by atoms with Crippen molar-refractivity contribution in [3.63, 3.8) is 0 Å². The van der Waals surface area contributed by atoms with Crippen LogP contribution in [0.2, 0.25) is 0 Å². The summed E-state index contributed by atoms with van der Waals surface area (Å²) < 4.78 is 40.8. The lowest BCUT2D eigenvalue weighted by molar-refractivity contribution is 0.103. The largest absolute Gasteiger partial charge is 0.494 e. The molecule has 0 saturated heterocycles. The first-order chi connectivity index (χ1) is 33.5. The Morgan fingerprint density at radius 2 is 0.870 bits per heavy atom. The summed E-state index contributed by atoms with van der Waals surface area (Å²) in [6.45, 7) is 4.06. The molecule has 1 heterocycles. The fourth-order valence-corrected chi connectivity index (χ4v) is 10.8. The van der Waals surface area contributed by atoms with Gasteiger partial charge in [-0.15, -0.1) is 0 Å². The molecule has 69 heavy (non-hydrogen) atoms. The molecule has 1 aromatic heterocycles. The molecule has 9 heteroatoms. The standard InChI is InChI=1S/C60H43NO7S/c1-38-11-15-40(16-12-38)57(62)41-17-25-45(26-18-41)67-46-27-32-49(33-28-46)69(65,66)50-34-29-47(30-35-50)68-48-31-36-53-54(37-48)59(64)61(58(53)63)44-23-21-43(22-24-44)60(42-19-13-39(2)14-20-42)55-9-5-3-7-51(55)52-8-4-6-10-56(52)60/h3-37,63-64H,1-2H3. The highest BCUT2D eigenvalue weighted by Gasteiger charge is 2.45. The number of ketones is 1. The Kier molecular flexibility index (Phi) is 10.5. The van der Waals surface area contributed by atoms with Gasteiger partial charge in [0.05, 0.1) is 26.3 Å². The maximum absolute atomic E-state index is 13.7. The van der Waals surface area contributed by atoms with E-state index in [0.717, 1.165) is 16.7 Å². The zero-order valence-corrected chi connectivity index (χ0v) is 38.3. The monoisotopic (exact) mass is 921 g/mol. The number of aryl methyl sites for hydroxylation is 2. The summed E-state index contributed by atoms with van der Waals surface area (Å²) in [5.41, 5.74) is 10.3. The van der Waals surface area contributed by atoms with E-state index in [9.17, 15) is 23.4 Å². The number of carbonyl (C=O) groups is 1. The van der Waals surface area contributed by atoms with Crippen molar-refractivity contribution in [3.8, 4) is 51.6 Å². The van der Waals surface area contributed by atoms with Crippen LogP contribution in [-0.2, 0) is 15.3 Å². The highest BCUT2D eigenvalue weighted by Crippen LogP contribution is 2.56. The second-order valence-electron chi connectivity index (χ2n) is 17.3. The van der Waals surface area contributed by atoms with Gasteiger partial charge in [0, 0.05) is 16.5 Å². The van der Waals surface area contributed by atoms with E-state index in [-0.39, 0.29) is 27.3 Å². The van der Waals surface area contributed by atoms with Crippen LogP contribution in [0.3, 0.4) is 0 Å². The molecule has 10 aromatic rings. The third-order valence-electron chi connectivity index (χ3n) is 13.1. The molecular weight excluding hydrogens is 879 g/mol. The molecule has 0 spiro atoms. The van der Waals surface area contributed by atoms with E-state index >= 15 is 0 Å². The topological polar surface area (TPSA) is 115 Å². The molecule has 0 fully saturated rings. The van der Waals surface area contributed by atoms with Crippen LogP contribution in [0, 0.1) is 13.8 Å². The number of fused-ring (bicyclic) bond motifs is 4. The molecule has 1 aliphatic rings. The zero-order valence-electron chi connectivity index (χ0n) is 37.5. The van der Waals surface area contributed by atoms with Crippen LogP contribution in [0.1, 0.15) is 49.3 Å². The zero-order chi connectivity index (χ0) is 47.4. The summed E-state index contributed by atoms with van der Waals surface area (Å²) in [5, 5.41) is 24.0. The number of aromatic hydroxyl groups is 2. The van der Waals surface area contributed by atoms with Gasteiger partial charge in [-0.2, -0.15) is 0 Å². The van der Waals surface area contributed by atoms with E-state index in [1.54, 1.807) is 78.9 Å². The Morgan fingerprint density at radius 3 is 1.39 bits per heavy atom. The van der Waals surface area contributed by atoms with Gasteiger partial charge in [0.15, 0.2) is 5.78 Å². The second-order valence-corrected chi connectivity index (χ2v) is 19.3. The summed E-state index contributed by atoms with van der Waals surface area (Å²) in [7, 11) is -3.89. The van der Waals surface area contributed by atoms with Crippen molar-refractivity contribution in [3.05, 3.63) is 257 Å². The lowest BCUT2D eigenvalue weighted by atomic mass is 9.67. The minimum atomic E-state index is -3.89. The summed E-state index contributed by atoms with van der Waals surface area (Å²) in [6.07, 6.45) is 0. The average Bonchev–Trinajstić information content (AvgIpc) is 3.82. The first-order valence-corrected chi connectivity index (χ1v) is 23.9. The van der Waals surface area contributed by atoms with E-state index in [1.165, 1.54) is 56.6 Å². The van der Waals surface area contributed by atoms with E-state index < -0.39 is 15.3 Å². The number of rotatable bonds is 11. The number of ether oxygens (including phenoxy) is 2. The molecule has 0 radical (unpaired) electrons. The lowest BCUT2D eigenvalue weighted by Gasteiger charge is -2.34. The van der Waals surface area contributed by atoms with Crippen LogP contribution < -0.4 is 9.47 Å². The Bertz CT molecular complexity index is 3650. The summed E-state index contributed by atoms with van der Waals surface area (Å²) in [5.74, 6) is 1.31. The molecule has 336 valence electrons. The smallest absolute Gasteiger partial charge is 0.206 e. The van der Waals surface area contributed by atoms with E-state index in [0.29, 0.717) is 50.6 Å². The predicted molar refractivity (Wildman–Crippen MR) is 268 cm³/mol. The van der Waals surface area contributed by atoms with Gasteiger partial charge in [-0.25, -0.2) is 8.42 Å². The van der Waals surface area contributed by atoms with Crippen LogP contribution in [0.5, 0.6) is 34.8 Å². The van der Waals surface area contributed by atoms with Crippen LogP contribution in [-0.4, -0.2) is 29.0 Å². The van der Waals surface area contributed by atoms with Gasteiger partial charge >= 0.3 is 0 Å². The SMILES string of the molecule is Cc1ccc(C(=O)c2ccc(Oc3ccc(S(=O)(=O)c4ccc(Oc5ccc6c(O)n(-c7ccc(C8(c9ccc(C)cc9)c9ccccc9-c9ccccc98)cc7)c(O)c6c5)cc4)cc3)cc2)cc1. The van der Waals surface area contributed by atoms with Crippen LogP contribution in [0.25, 0.3) is 27.6 Å². The highest BCUT2D eigenvalue weighted by atomic mass is 32.2. The van der Waals surface area contributed by atoms with Crippen molar-refractivity contribution in [2.75, 3.05) is 0 Å². The normalized spacial score (nSPS) is 12.6. The number of benzene rings is 9. The molecule has 0 amide bonds. The molecule has 11 rings (SSSR count). The first kappa shape index (κ1) is 42.9. The fraction of sp³-hybridized carbons (Fsp3) is 0.0500. The molecule has 0 aliphatic heterocycles. The molecule has 0 bridgehead atoms. The van der Waals surface area contributed by atoms with Crippen molar-refractivity contribution >= 4 is 26.4 Å². The molecule has 0 atom stereocenters. The van der Waals surface area contributed by atoms with E-state index in [1.807, 2.05) is 31.2 Å². The van der Waals surface area contributed by atoms with Crippen molar-refractivity contribution in [2.24, 2.45) is 0 Å². The molecular formula is C60H43NO7S. The lowest BCUT2D eigenvalue weighted by Crippen LogP contribution is -2.28. The Balaban J connectivity index is 0.806. The van der Waals surface area contributed by atoms with Crippen LogP contribution >= 0.6 is 0 Å². The summed E-state index contributed by atoms with van der Waals surface area (Å²) >= 11 is 0. The van der Waals surface area contributed by atoms with Gasteiger partial charge in [-0.1, -0.05) is 120 Å². The molecule has 8 nitrogen and oxygen atoms in total. The quantitative estimate of drug-likeness (QED) is 0.124. The van der Waals surface area contributed by atoms with Crippen molar-refractivity contribution in [2.45, 2.75) is 29.1 Å². The molecule has 1 aliphatic carbocycles. The van der Waals surface area contributed by atoms with Gasteiger partial charge in [0.25, 0.3) is 0 Å². The minimum Gasteiger partial charge on any atom is -0.494 e. The molecule has 0 unspecified atom stereocenters. The number of hydrogen-bond acceptors (Lipinski definition) is 7. The molecule has 9 aromatic carbocycles. The van der Waals surface area contributed by atoms with Crippen molar-refractivity contribution in [1.29, 1.82) is 0 Å². The van der Waals surface area contributed by atoms with Crippen LogP contribution in [0.15, 0.2) is 222 Å². The highest BCUT2D eigenvalue weighted by molar-refractivity contribution is 7.91. The minimum absolute atomic E-state index is 0.0737. The third-order valence-corrected chi connectivity index (χ3v) is 14.8.